The fourth-order valence-corrected chi connectivity index (χ4v) is 9.23. The molecule has 2 aliphatic heterocycles. The van der Waals surface area contributed by atoms with E-state index in [0.29, 0.717) is 23.5 Å². The molecule has 5 fully saturated rings. The van der Waals surface area contributed by atoms with Gasteiger partial charge in [0, 0.05) is 17.5 Å². The topological polar surface area (TPSA) is 77.1 Å². The van der Waals surface area contributed by atoms with E-state index < -0.39 is 23.4 Å². The third kappa shape index (κ3) is 3.04. The number of nitriles is 2. The van der Waals surface area contributed by atoms with Gasteiger partial charge in [0.1, 0.15) is 5.75 Å². The smallest absolute Gasteiger partial charge is 0.177 e. The standard InChI is InChI=1S/C32H31N3O2/c1-37-25-7-4-6-24(14-25)27-28(30(36)31-15-20-11-21(16-31)13-22(12-20)17-31)35-10-9-23-5-2-3-8-26(23)29(35)32(27,18-33)19-34/h2-10,14,20-22,27-29H,11-13,15-17H2,1H3/t20?,21?,22?,27-,28-,29-,31?/m1/s1. The number of fused-ring (bicyclic) bond motifs is 3. The van der Waals surface area contributed by atoms with E-state index in [4.69, 9.17) is 4.74 Å². The van der Waals surface area contributed by atoms with Crippen LogP contribution in [0.3, 0.4) is 0 Å². The summed E-state index contributed by atoms with van der Waals surface area (Å²) in [7, 11) is 1.62. The predicted molar refractivity (Wildman–Crippen MR) is 139 cm³/mol. The summed E-state index contributed by atoms with van der Waals surface area (Å²) >= 11 is 0. The Labute approximate surface area is 218 Å². The lowest BCUT2D eigenvalue weighted by Crippen LogP contribution is -2.55. The second-order valence-corrected chi connectivity index (χ2v) is 12.1. The van der Waals surface area contributed by atoms with Gasteiger partial charge >= 0.3 is 0 Å². The van der Waals surface area contributed by atoms with E-state index in [-0.39, 0.29) is 11.2 Å². The molecule has 1 saturated heterocycles. The van der Waals surface area contributed by atoms with Crippen LogP contribution in [0.5, 0.6) is 5.75 Å². The van der Waals surface area contributed by atoms with Crippen LogP contribution in [0.1, 0.15) is 67.2 Å². The molecule has 3 atom stereocenters. The lowest BCUT2D eigenvalue weighted by atomic mass is 9.47. The first-order valence-corrected chi connectivity index (χ1v) is 13.6. The second-order valence-electron chi connectivity index (χ2n) is 12.1. The molecule has 186 valence electrons. The van der Waals surface area contributed by atoms with Crippen molar-refractivity contribution in [3.8, 4) is 17.9 Å². The molecule has 8 rings (SSSR count). The Balaban J connectivity index is 1.43. The monoisotopic (exact) mass is 489 g/mol. The zero-order valence-corrected chi connectivity index (χ0v) is 21.1. The van der Waals surface area contributed by atoms with Crippen LogP contribution >= 0.6 is 0 Å². The van der Waals surface area contributed by atoms with Gasteiger partial charge in [-0.05, 0) is 91.2 Å². The van der Waals surface area contributed by atoms with Crippen LogP contribution in [0.4, 0.5) is 0 Å². The molecule has 5 heteroatoms. The first-order valence-electron chi connectivity index (χ1n) is 13.6. The molecule has 4 saturated carbocycles. The average molecular weight is 490 g/mol. The molecule has 2 aromatic carbocycles. The number of carbonyl (C=O) groups is 1. The van der Waals surface area contributed by atoms with Gasteiger partial charge in [0.25, 0.3) is 0 Å². The molecule has 4 bridgehead atoms. The fraction of sp³-hybridized carbons (Fsp3) is 0.469. The maximum absolute atomic E-state index is 15.0. The van der Waals surface area contributed by atoms with Crippen molar-refractivity contribution in [2.24, 2.45) is 28.6 Å². The Kier molecular flexibility index (Phi) is 4.87. The van der Waals surface area contributed by atoms with Crippen LogP contribution in [0.25, 0.3) is 6.08 Å². The molecule has 5 nitrogen and oxygen atoms in total. The molecule has 0 unspecified atom stereocenters. The number of methoxy groups -OCH3 is 1. The lowest BCUT2D eigenvalue weighted by Gasteiger charge is -2.57. The number of nitrogens with zero attached hydrogens (tertiary/aromatic N) is 3. The Hall–Kier alpha value is -3.57. The van der Waals surface area contributed by atoms with Crippen molar-refractivity contribution in [1.29, 1.82) is 10.5 Å². The zero-order chi connectivity index (χ0) is 25.4. The summed E-state index contributed by atoms with van der Waals surface area (Å²) in [6, 6.07) is 19.5. The number of rotatable bonds is 4. The van der Waals surface area contributed by atoms with Crippen molar-refractivity contribution in [3.05, 3.63) is 71.4 Å². The third-order valence-corrected chi connectivity index (χ3v) is 10.2. The van der Waals surface area contributed by atoms with Crippen LogP contribution in [-0.2, 0) is 4.79 Å². The van der Waals surface area contributed by atoms with Crippen molar-refractivity contribution < 1.29 is 9.53 Å². The van der Waals surface area contributed by atoms with Gasteiger partial charge in [0.15, 0.2) is 11.2 Å². The molecule has 6 aliphatic rings. The molecular weight excluding hydrogens is 458 g/mol. The van der Waals surface area contributed by atoms with Crippen molar-refractivity contribution in [3.63, 3.8) is 0 Å². The van der Waals surface area contributed by atoms with Gasteiger partial charge in [-0.1, -0.05) is 36.4 Å². The summed E-state index contributed by atoms with van der Waals surface area (Å²) in [5.41, 5.74) is 1.02. The zero-order valence-electron chi connectivity index (χ0n) is 21.1. The summed E-state index contributed by atoms with van der Waals surface area (Å²) in [4.78, 5) is 17.1. The van der Waals surface area contributed by atoms with Gasteiger partial charge in [-0.2, -0.15) is 10.5 Å². The highest BCUT2D eigenvalue weighted by molar-refractivity contribution is 5.93. The van der Waals surface area contributed by atoms with Crippen molar-refractivity contribution in [2.75, 3.05) is 7.11 Å². The average Bonchev–Trinajstić information content (AvgIpc) is 3.23. The number of benzene rings is 2. The van der Waals surface area contributed by atoms with Gasteiger partial charge in [0.05, 0.1) is 31.3 Å². The minimum absolute atomic E-state index is 0.251. The molecule has 0 N–H and O–H groups in total. The van der Waals surface area contributed by atoms with Crippen molar-refractivity contribution >= 4 is 11.9 Å². The lowest BCUT2D eigenvalue weighted by molar-refractivity contribution is -0.148. The van der Waals surface area contributed by atoms with Gasteiger partial charge in [0.2, 0.25) is 0 Å². The Bertz CT molecular complexity index is 1350. The SMILES string of the molecule is COc1cccc([C@@H]2[C@H](C(=O)C34CC5CC(CC(C5)C3)C4)N3C=Cc4ccccc4[C@@H]3C2(C#N)C#N)c1. The molecule has 0 aromatic heterocycles. The number of hydrogen-bond acceptors (Lipinski definition) is 5. The normalized spacial score (nSPS) is 35.8. The van der Waals surface area contributed by atoms with Crippen LogP contribution < -0.4 is 4.74 Å². The van der Waals surface area contributed by atoms with E-state index in [1.165, 1.54) is 19.3 Å². The van der Waals surface area contributed by atoms with E-state index >= 15 is 0 Å². The third-order valence-electron chi connectivity index (χ3n) is 10.2. The highest BCUT2D eigenvalue weighted by Crippen LogP contribution is 2.65. The summed E-state index contributed by atoms with van der Waals surface area (Å²) in [5, 5.41) is 21.6. The molecule has 2 heterocycles. The molecule has 37 heavy (non-hydrogen) atoms. The van der Waals surface area contributed by atoms with Crippen molar-refractivity contribution in [1.82, 2.24) is 4.90 Å². The first-order chi connectivity index (χ1) is 18.0. The molecule has 2 aromatic rings. The fourth-order valence-electron chi connectivity index (χ4n) is 9.23. The van der Waals surface area contributed by atoms with Crippen molar-refractivity contribution in [2.45, 2.75) is 56.5 Å². The molecule has 0 amide bonds. The first kappa shape index (κ1) is 22.6. The van der Waals surface area contributed by atoms with E-state index in [0.717, 1.165) is 36.0 Å². The summed E-state index contributed by atoms with van der Waals surface area (Å²) < 4.78 is 5.54. The summed E-state index contributed by atoms with van der Waals surface area (Å²) in [6.45, 7) is 0. The highest BCUT2D eigenvalue weighted by Gasteiger charge is 2.67. The largest absolute Gasteiger partial charge is 0.497 e. The maximum atomic E-state index is 15.0. The van der Waals surface area contributed by atoms with E-state index in [1.54, 1.807) is 7.11 Å². The van der Waals surface area contributed by atoms with Gasteiger partial charge < -0.3 is 9.64 Å². The van der Waals surface area contributed by atoms with E-state index in [2.05, 4.69) is 17.0 Å². The number of hydrogen-bond donors (Lipinski definition) is 0. The van der Waals surface area contributed by atoms with Crippen LogP contribution in [0.15, 0.2) is 54.7 Å². The van der Waals surface area contributed by atoms with Crippen LogP contribution in [0.2, 0.25) is 0 Å². The summed E-state index contributed by atoms with van der Waals surface area (Å²) in [5.74, 6) is 2.25. The van der Waals surface area contributed by atoms with Crippen LogP contribution in [-0.4, -0.2) is 23.8 Å². The maximum Gasteiger partial charge on any atom is 0.177 e. The number of ether oxygens (including phenoxy) is 1. The number of carbonyl (C=O) groups excluding carboxylic acids is 1. The Morgan fingerprint density at radius 3 is 2.30 bits per heavy atom. The number of Topliss-reactive ketones (excluding diaryl/α,β-unsaturated/α-hetero) is 1. The minimum atomic E-state index is -1.42. The molecule has 0 spiro atoms. The Morgan fingerprint density at radius 2 is 1.65 bits per heavy atom. The summed E-state index contributed by atoms with van der Waals surface area (Å²) in [6.07, 6.45) is 10.7. The molecular formula is C32H31N3O2. The van der Waals surface area contributed by atoms with E-state index in [1.807, 2.05) is 60.8 Å². The van der Waals surface area contributed by atoms with Crippen LogP contribution in [0, 0.1) is 51.2 Å². The second kappa shape index (κ2) is 7.96. The van der Waals surface area contributed by atoms with E-state index in [9.17, 15) is 15.3 Å². The van der Waals surface area contributed by atoms with Gasteiger partial charge in [-0.25, -0.2) is 0 Å². The highest BCUT2D eigenvalue weighted by atomic mass is 16.5. The van der Waals surface area contributed by atoms with Gasteiger partial charge in [-0.3, -0.25) is 4.79 Å². The molecule has 4 aliphatic carbocycles. The predicted octanol–water partition coefficient (Wildman–Crippen LogP) is 6.01. The van der Waals surface area contributed by atoms with Gasteiger partial charge in [-0.15, -0.1) is 0 Å². The molecule has 0 radical (unpaired) electrons. The quantitative estimate of drug-likeness (QED) is 0.526. The minimum Gasteiger partial charge on any atom is -0.497 e. The Morgan fingerprint density at radius 1 is 0.973 bits per heavy atom. The number of ketones is 1.